The largest absolute Gasteiger partial charge is 0.454 e. The number of ether oxygens (including phenoxy) is 5. The third-order valence-electron chi connectivity index (χ3n) is 7.16. The van der Waals surface area contributed by atoms with Gasteiger partial charge in [0.25, 0.3) is 0 Å². The molecule has 4 rings (SSSR count). The fourth-order valence-corrected chi connectivity index (χ4v) is 5.37. The van der Waals surface area contributed by atoms with E-state index in [-0.39, 0.29) is 17.3 Å². The summed E-state index contributed by atoms with van der Waals surface area (Å²) in [5.74, 6) is -1.52. The molecule has 1 aliphatic carbocycles. The summed E-state index contributed by atoms with van der Waals surface area (Å²) in [5.41, 5.74) is -0.780. The maximum Gasteiger partial charge on any atom is 0.350 e. The number of rotatable bonds is 4. The van der Waals surface area contributed by atoms with Crippen molar-refractivity contribution >= 4 is 11.9 Å². The average Bonchev–Trinajstić information content (AvgIpc) is 3.23. The van der Waals surface area contributed by atoms with Gasteiger partial charge in [-0.3, -0.25) is 4.79 Å². The van der Waals surface area contributed by atoms with E-state index in [0.29, 0.717) is 6.42 Å². The molecule has 0 aromatic heterocycles. The Hall–Kier alpha value is -1.18. The van der Waals surface area contributed by atoms with Crippen LogP contribution in [0.1, 0.15) is 80.1 Å². The fraction of sp³-hybridized carbons (Fsp3) is 0.913. The van der Waals surface area contributed by atoms with E-state index in [1.54, 1.807) is 0 Å². The number of carbonyl (C=O) groups is 2. The molecule has 4 aliphatic rings. The molecule has 0 aromatic rings. The van der Waals surface area contributed by atoms with Crippen LogP contribution in [-0.4, -0.2) is 48.4 Å². The molecule has 7 nitrogen and oxygen atoms in total. The first kappa shape index (κ1) is 22.0. The third-order valence-corrected chi connectivity index (χ3v) is 7.16. The van der Waals surface area contributed by atoms with E-state index in [1.807, 2.05) is 20.8 Å². The minimum absolute atomic E-state index is 0.0548. The zero-order valence-electron chi connectivity index (χ0n) is 19.1. The smallest absolute Gasteiger partial charge is 0.350 e. The number of fused-ring (bicyclic) bond motifs is 3. The molecule has 0 aromatic carbocycles. The van der Waals surface area contributed by atoms with Crippen molar-refractivity contribution in [1.29, 1.82) is 0 Å². The summed E-state index contributed by atoms with van der Waals surface area (Å²) in [6, 6.07) is 0. The third kappa shape index (κ3) is 3.78. The summed E-state index contributed by atoms with van der Waals surface area (Å²) < 4.78 is 29.7. The molecule has 7 heteroatoms. The molecule has 6 unspecified atom stereocenters. The predicted octanol–water partition coefficient (Wildman–Crippen LogP) is 3.72. The van der Waals surface area contributed by atoms with Gasteiger partial charge in [-0.15, -0.1) is 0 Å². The van der Waals surface area contributed by atoms with Crippen LogP contribution in [-0.2, 0) is 33.3 Å². The average molecular weight is 425 g/mol. The topological polar surface area (TPSA) is 80.3 Å². The minimum Gasteiger partial charge on any atom is -0.454 e. The van der Waals surface area contributed by atoms with Gasteiger partial charge in [0.1, 0.15) is 6.10 Å². The fourth-order valence-electron chi connectivity index (χ4n) is 5.37. The van der Waals surface area contributed by atoms with Crippen molar-refractivity contribution in [3.8, 4) is 0 Å². The lowest BCUT2D eigenvalue weighted by molar-refractivity contribution is -0.246. The van der Waals surface area contributed by atoms with E-state index in [4.69, 9.17) is 23.7 Å². The lowest BCUT2D eigenvalue weighted by atomic mass is 9.69. The number of hydrogen-bond donors (Lipinski definition) is 0. The lowest BCUT2D eigenvalue weighted by Gasteiger charge is -2.37. The van der Waals surface area contributed by atoms with Gasteiger partial charge < -0.3 is 23.7 Å². The highest BCUT2D eigenvalue weighted by molar-refractivity contribution is 5.84. The molecule has 0 amide bonds. The summed E-state index contributed by atoms with van der Waals surface area (Å²) in [6.07, 6.45) is 2.15. The SMILES string of the molecule is CC(C)C(C)(CC(C)(C)C)C(=O)OC1C(=O)OC2C3OC4(CCCCC4)OC3OC12. The monoisotopic (exact) mass is 424 g/mol. The first-order valence-electron chi connectivity index (χ1n) is 11.4. The molecule has 30 heavy (non-hydrogen) atoms. The van der Waals surface area contributed by atoms with Crippen molar-refractivity contribution < 1.29 is 33.3 Å². The van der Waals surface area contributed by atoms with Gasteiger partial charge in [-0.2, -0.15) is 0 Å². The highest BCUT2D eigenvalue weighted by Gasteiger charge is 2.66. The van der Waals surface area contributed by atoms with E-state index in [2.05, 4.69) is 20.8 Å². The van der Waals surface area contributed by atoms with Crippen LogP contribution in [0.2, 0.25) is 0 Å². The minimum atomic E-state index is -1.08. The zero-order chi connectivity index (χ0) is 21.9. The lowest BCUT2D eigenvalue weighted by Crippen LogP contribution is -2.44. The molecule has 1 spiro atoms. The molecular weight excluding hydrogens is 388 g/mol. The summed E-state index contributed by atoms with van der Waals surface area (Å²) in [4.78, 5) is 25.8. The van der Waals surface area contributed by atoms with Gasteiger partial charge in [0.05, 0.1) is 5.41 Å². The second kappa shape index (κ2) is 7.45. The van der Waals surface area contributed by atoms with Crippen LogP contribution in [0.25, 0.3) is 0 Å². The Morgan fingerprint density at radius 1 is 1.07 bits per heavy atom. The zero-order valence-corrected chi connectivity index (χ0v) is 19.1. The molecule has 4 fully saturated rings. The van der Waals surface area contributed by atoms with E-state index in [9.17, 15) is 9.59 Å². The van der Waals surface area contributed by atoms with Gasteiger partial charge in [-0.1, -0.05) is 41.0 Å². The van der Waals surface area contributed by atoms with E-state index < -0.39 is 47.9 Å². The van der Waals surface area contributed by atoms with E-state index >= 15 is 0 Å². The molecule has 1 saturated carbocycles. The van der Waals surface area contributed by atoms with Gasteiger partial charge >= 0.3 is 11.9 Å². The quantitative estimate of drug-likeness (QED) is 0.636. The maximum atomic E-state index is 13.2. The van der Waals surface area contributed by atoms with Crippen LogP contribution in [0.3, 0.4) is 0 Å². The van der Waals surface area contributed by atoms with Gasteiger partial charge in [-0.05, 0) is 37.5 Å². The van der Waals surface area contributed by atoms with Crippen LogP contribution in [0.5, 0.6) is 0 Å². The number of hydrogen-bond acceptors (Lipinski definition) is 7. The van der Waals surface area contributed by atoms with E-state index in [1.165, 1.54) is 6.42 Å². The normalized spacial score (nSPS) is 37.0. The highest BCUT2D eigenvalue weighted by Crippen LogP contribution is 2.48. The molecule has 3 aliphatic heterocycles. The van der Waals surface area contributed by atoms with Crippen LogP contribution < -0.4 is 0 Å². The molecule has 0 bridgehead atoms. The first-order chi connectivity index (χ1) is 13.9. The van der Waals surface area contributed by atoms with Gasteiger partial charge in [0, 0.05) is 12.8 Å². The molecule has 0 N–H and O–H groups in total. The summed E-state index contributed by atoms with van der Waals surface area (Å²) in [6.45, 7) is 12.2. The Bertz CT molecular complexity index is 690. The Labute approximate surface area is 179 Å². The molecule has 0 radical (unpaired) electrons. The van der Waals surface area contributed by atoms with Crippen molar-refractivity contribution in [3.05, 3.63) is 0 Å². The van der Waals surface area contributed by atoms with Crippen molar-refractivity contribution in [1.82, 2.24) is 0 Å². The van der Waals surface area contributed by atoms with Crippen molar-refractivity contribution in [3.63, 3.8) is 0 Å². The Morgan fingerprint density at radius 3 is 2.33 bits per heavy atom. The maximum absolute atomic E-state index is 13.2. The molecule has 3 saturated heterocycles. The van der Waals surface area contributed by atoms with Crippen LogP contribution >= 0.6 is 0 Å². The van der Waals surface area contributed by atoms with Crippen LogP contribution in [0.15, 0.2) is 0 Å². The van der Waals surface area contributed by atoms with E-state index in [0.717, 1.165) is 25.7 Å². The Morgan fingerprint density at radius 2 is 1.73 bits per heavy atom. The second-order valence-corrected chi connectivity index (χ2v) is 11.2. The summed E-state index contributed by atoms with van der Waals surface area (Å²) in [7, 11) is 0. The van der Waals surface area contributed by atoms with Gasteiger partial charge in [0.15, 0.2) is 24.3 Å². The summed E-state index contributed by atoms with van der Waals surface area (Å²) in [5, 5.41) is 0. The second-order valence-electron chi connectivity index (χ2n) is 11.2. The molecule has 170 valence electrons. The van der Waals surface area contributed by atoms with Gasteiger partial charge in [-0.25, -0.2) is 4.79 Å². The standard InChI is InChI=1S/C23H36O7/c1-13(2)22(6,12-21(3,4)5)20(25)28-16-14-15(26-18(16)24)17-19(27-14)30-23(29-17)10-8-7-9-11-23/h13-17,19H,7-12H2,1-6H3. The number of carbonyl (C=O) groups excluding carboxylic acids is 2. The molecule has 3 heterocycles. The highest BCUT2D eigenvalue weighted by atomic mass is 16.9. The first-order valence-corrected chi connectivity index (χ1v) is 11.4. The van der Waals surface area contributed by atoms with Crippen molar-refractivity contribution in [2.24, 2.45) is 16.7 Å². The summed E-state index contributed by atoms with van der Waals surface area (Å²) >= 11 is 0. The van der Waals surface area contributed by atoms with Crippen LogP contribution in [0, 0.1) is 16.7 Å². The van der Waals surface area contributed by atoms with Crippen molar-refractivity contribution in [2.45, 2.75) is 117 Å². The Kier molecular flexibility index (Phi) is 5.47. The van der Waals surface area contributed by atoms with Crippen molar-refractivity contribution in [2.75, 3.05) is 0 Å². The number of esters is 2. The van der Waals surface area contributed by atoms with Gasteiger partial charge in [0.2, 0.25) is 6.10 Å². The molecular formula is C23H36O7. The van der Waals surface area contributed by atoms with Crippen LogP contribution in [0.4, 0.5) is 0 Å². The molecule has 6 atom stereocenters. The Balaban J connectivity index is 1.46. The predicted molar refractivity (Wildman–Crippen MR) is 107 cm³/mol.